The zero-order chi connectivity index (χ0) is 13.5. The van der Waals surface area contributed by atoms with Gasteiger partial charge in [-0.15, -0.1) is 0 Å². The Kier molecular flexibility index (Phi) is 7.38. The van der Waals surface area contributed by atoms with Crippen molar-refractivity contribution in [2.24, 2.45) is 0 Å². The standard InChI is InChI=1S/C11H23NO4S/c1-5-12(9-11(13)16-6-2)7-8-17(14,15)10(3)4/h10H,5-9H2,1-4H3. The summed E-state index contributed by atoms with van der Waals surface area (Å²) in [4.78, 5) is 13.0. The molecule has 102 valence electrons. The summed E-state index contributed by atoms with van der Waals surface area (Å²) in [5.41, 5.74) is 0. The first kappa shape index (κ1) is 16.4. The quantitative estimate of drug-likeness (QED) is 0.604. The van der Waals surface area contributed by atoms with Crippen molar-refractivity contribution in [3.8, 4) is 0 Å². The van der Waals surface area contributed by atoms with Crippen LogP contribution in [-0.4, -0.2) is 56.5 Å². The SMILES string of the molecule is CCOC(=O)CN(CC)CCS(=O)(=O)C(C)C. The third-order valence-corrected chi connectivity index (χ3v) is 4.70. The van der Waals surface area contributed by atoms with Crippen LogP contribution in [0, 0.1) is 0 Å². The number of esters is 1. The number of ether oxygens (including phenoxy) is 1. The first-order valence-corrected chi connectivity index (χ1v) is 7.64. The highest BCUT2D eigenvalue weighted by atomic mass is 32.2. The Bertz CT molecular complexity index is 324. The molecule has 0 aromatic rings. The van der Waals surface area contributed by atoms with Gasteiger partial charge < -0.3 is 4.74 Å². The predicted octanol–water partition coefficient (Wildman–Crippen LogP) is 0.695. The molecule has 17 heavy (non-hydrogen) atoms. The number of nitrogens with zero attached hydrogens (tertiary/aromatic N) is 1. The molecule has 0 heterocycles. The molecular formula is C11H23NO4S. The van der Waals surface area contributed by atoms with Gasteiger partial charge in [0, 0.05) is 6.54 Å². The van der Waals surface area contributed by atoms with Gasteiger partial charge >= 0.3 is 5.97 Å². The Labute approximate surface area is 104 Å². The van der Waals surface area contributed by atoms with Crippen LogP contribution in [-0.2, 0) is 19.4 Å². The second-order valence-corrected chi connectivity index (χ2v) is 6.77. The van der Waals surface area contributed by atoms with Crippen molar-refractivity contribution in [3.63, 3.8) is 0 Å². The maximum Gasteiger partial charge on any atom is 0.320 e. The normalized spacial score (nSPS) is 12.1. The first-order valence-electron chi connectivity index (χ1n) is 5.93. The van der Waals surface area contributed by atoms with Gasteiger partial charge in [-0.2, -0.15) is 0 Å². The summed E-state index contributed by atoms with van der Waals surface area (Å²) in [6.45, 7) is 8.47. The largest absolute Gasteiger partial charge is 0.465 e. The zero-order valence-electron chi connectivity index (χ0n) is 11.1. The third-order valence-electron chi connectivity index (χ3n) is 2.52. The monoisotopic (exact) mass is 265 g/mol. The van der Waals surface area contributed by atoms with E-state index in [0.29, 0.717) is 19.7 Å². The highest BCUT2D eigenvalue weighted by Gasteiger charge is 2.18. The Morgan fingerprint density at radius 3 is 2.29 bits per heavy atom. The van der Waals surface area contributed by atoms with E-state index in [-0.39, 0.29) is 23.5 Å². The van der Waals surface area contributed by atoms with Crippen molar-refractivity contribution in [2.75, 3.05) is 32.0 Å². The third kappa shape index (κ3) is 6.63. The molecule has 0 N–H and O–H groups in total. The molecule has 0 atom stereocenters. The van der Waals surface area contributed by atoms with Gasteiger partial charge in [-0.3, -0.25) is 9.69 Å². The Hall–Kier alpha value is -0.620. The van der Waals surface area contributed by atoms with Crippen molar-refractivity contribution in [2.45, 2.75) is 32.9 Å². The topological polar surface area (TPSA) is 63.7 Å². The molecule has 0 fully saturated rings. The van der Waals surface area contributed by atoms with Crippen LogP contribution in [0.5, 0.6) is 0 Å². The van der Waals surface area contributed by atoms with Crippen LogP contribution in [0.3, 0.4) is 0 Å². The van der Waals surface area contributed by atoms with Gasteiger partial charge in [-0.05, 0) is 27.3 Å². The molecule has 0 aliphatic heterocycles. The molecule has 5 nitrogen and oxygen atoms in total. The molecular weight excluding hydrogens is 242 g/mol. The molecule has 0 radical (unpaired) electrons. The van der Waals surface area contributed by atoms with Crippen molar-refractivity contribution in [3.05, 3.63) is 0 Å². The van der Waals surface area contributed by atoms with Crippen LogP contribution < -0.4 is 0 Å². The molecule has 0 aliphatic carbocycles. The maximum atomic E-state index is 11.6. The number of sulfone groups is 1. The molecule has 0 aromatic heterocycles. The Morgan fingerprint density at radius 1 is 1.29 bits per heavy atom. The molecule has 0 bridgehead atoms. The minimum atomic E-state index is -3.05. The summed E-state index contributed by atoms with van der Waals surface area (Å²) in [7, 11) is -3.05. The molecule has 0 unspecified atom stereocenters. The predicted molar refractivity (Wildman–Crippen MR) is 67.7 cm³/mol. The van der Waals surface area contributed by atoms with Gasteiger partial charge in [0.15, 0.2) is 9.84 Å². The number of carbonyl (C=O) groups is 1. The van der Waals surface area contributed by atoms with Crippen LogP contribution in [0.1, 0.15) is 27.7 Å². The molecule has 0 aromatic carbocycles. The van der Waals surface area contributed by atoms with Gasteiger partial charge in [0.2, 0.25) is 0 Å². The Balaban J connectivity index is 4.20. The van der Waals surface area contributed by atoms with E-state index >= 15 is 0 Å². The summed E-state index contributed by atoms with van der Waals surface area (Å²) in [5, 5.41) is -0.371. The summed E-state index contributed by atoms with van der Waals surface area (Å²) in [6.07, 6.45) is 0. The summed E-state index contributed by atoms with van der Waals surface area (Å²) in [6, 6.07) is 0. The molecule has 0 aliphatic rings. The summed E-state index contributed by atoms with van der Waals surface area (Å²) >= 11 is 0. The van der Waals surface area contributed by atoms with Crippen LogP contribution in [0.15, 0.2) is 0 Å². The number of hydrogen-bond donors (Lipinski definition) is 0. The van der Waals surface area contributed by atoms with Gasteiger partial charge in [0.1, 0.15) is 0 Å². The minimum absolute atomic E-state index is 0.0813. The minimum Gasteiger partial charge on any atom is -0.465 e. The number of likely N-dealkylation sites (N-methyl/N-ethyl adjacent to an activating group) is 1. The lowest BCUT2D eigenvalue weighted by Crippen LogP contribution is -2.36. The lowest BCUT2D eigenvalue weighted by Gasteiger charge is -2.19. The van der Waals surface area contributed by atoms with E-state index in [0.717, 1.165) is 0 Å². The van der Waals surface area contributed by atoms with E-state index in [4.69, 9.17) is 4.74 Å². The molecule has 0 amide bonds. The van der Waals surface area contributed by atoms with Gasteiger partial charge in [-0.1, -0.05) is 6.92 Å². The van der Waals surface area contributed by atoms with Crippen LogP contribution >= 0.6 is 0 Å². The fourth-order valence-corrected chi connectivity index (χ4v) is 2.21. The van der Waals surface area contributed by atoms with E-state index in [1.165, 1.54) is 0 Å². The van der Waals surface area contributed by atoms with Crippen molar-refractivity contribution in [1.82, 2.24) is 4.90 Å². The molecule has 0 spiro atoms. The first-order chi connectivity index (χ1) is 7.83. The number of carbonyl (C=O) groups excluding carboxylic acids is 1. The molecule has 0 saturated carbocycles. The van der Waals surface area contributed by atoms with E-state index in [1.54, 1.807) is 25.7 Å². The smallest absolute Gasteiger partial charge is 0.320 e. The summed E-state index contributed by atoms with van der Waals surface area (Å²) in [5.74, 6) is -0.228. The van der Waals surface area contributed by atoms with Gasteiger partial charge in [0.25, 0.3) is 0 Å². The molecule has 6 heteroatoms. The average Bonchev–Trinajstić information content (AvgIpc) is 2.24. The lowest BCUT2D eigenvalue weighted by atomic mass is 10.5. The summed E-state index contributed by atoms with van der Waals surface area (Å²) < 4.78 is 28.1. The fraction of sp³-hybridized carbons (Fsp3) is 0.909. The van der Waals surface area contributed by atoms with E-state index < -0.39 is 9.84 Å². The number of rotatable bonds is 8. The molecule has 0 rings (SSSR count). The van der Waals surface area contributed by atoms with E-state index in [2.05, 4.69) is 0 Å². The van der Waals surface area contributed by atoms with E-state index in [9.17, 15) is 13.2 Å². The highest BCUT2D eigenvalue weighted by Crippen LogP contribution is 2.02. The highest BCUT2D eigenvalue weighted by molar-refractivity contribution is 7.92. The zero-order valence-corrected chi connectivity index (χ0v) is 11.9. The second kappa shape index (κ2) is 7.66. The van der Waals surface area contributed by atoms with Crippen LogP contribution in [0.4, 0.5) is 0 Å². The van der Waals surface area contributed by atoms with E-state index in [1.807, 2.05) is 6.92 Å². The molecule has 0 saturated heterocycles. The van der Waals surface area contributed by atoms with Crippen molar-refractivity contribution in [1.29, 1.82) is 0 Å². The number of hydrogen-bond acceptors (Lipinski definition) is 5. The van der Waals surface area contributed by atoms with Crippen LogP contribution in [0.25, 0.3) is 0 Å². The van der Waals surface area contributed by atoms with Gasteiger partial charge in [0.05, 0.1) is 24.2 Å². The fourth-order valence-electron chi connectivity index (χ4n) is 1.23. The van der Waals surface area contributed by atoms with Crippen molar-refractivity contribution < 1.29 is 17.9 Å². The lowest BCUT2D eigenvalue weighted by molar-refractivity contribution is -0.144. The maximum absolute atomic E-state index is 11.6. The van der Waals surface area contributed by atoms with Gasteiger partial charge in [-0.25, -0.2) is 8.42 Å². The van der Waals surface area contributed by atoms with Crippen LogP contribution in [0.2, 0.25) is 0 Å². The average molecular weight is 265 g/mol. The second-order valence-electron chi connectivity index (χ2n) is 4.09. The van der Waals surface area contributed by atoms with Crippen molar-refractivity contribution >= 4 is 15.8 Å². The Morgan fingerprint density at radius 2 is 1.88 bits per heavy atom.